The zero-order valence-electron chi connectivity index (χ0n) is 10.5. The lowest BCUT2D eigenvalue weighted by molar-refractivity contribution is 0.0993. The highest BCUT2D eigenvalue weighted by Crippen LogP contribution is 2.24. The highest BCUT2D eigenvalue weighted by Gasteiger charge is 2.12. The van der Waals surface area contributed by atoms with Gasteiger partial charge in [-0.05, 0) is 46.3 Å². The summed E-state index contributed by atoms with van der Waals surface area (Å²) >= 11 is 4.90. The third-order valence-corrected chi connectivity index (χ3v) is 4.70. The summed E-state index contributed by atoms with van der Waals surface area (Å²) in [6, 6.07) is 13.1. The Bertz CT molecular complexity index is 764. The number of rotatable bonds is 3. The van der Waals surface area contributed by atoms with Crippen molar-refractivity contribution in [1.82, 2.24) is 4.98 Å². The van der Waals surface area contributed by atoms with Crippen LogP contribution in [0.1, 0.15) is 15.4 Å². The fourth-order valence-corrected chi connectivity index (χ4v) is 3.28. The lowest BCUT2D eigenvalue weighted by Crippen LogP contribution is -2.03. The van der Waals surface area contributed by atoms with Gasteiger partial charge in [0.1, 0.15) is 5.01 Å². The molecule has 0 spiro atoms. The number of thiazole rings is 1. The number of nitrogens with zero attached hydrogens (tertiary/aromatic N) is 1. The number of ketones is 1. The second kappa shape index (κ2) is 5.34. The van der Waals surface area contributed by atoms with Crippen LogP contribution in [0.25, 0.3) is 10.2 Å². The molecule has 3 rings (SSSR count). The van der Waals surface area contributed by atoms with Gasteiger partial charge in [-0.15, -0.1) is 11.3 Å². The summed E-state index contributed by atoms with van der Waals surface area (Å²) in [4.78, 5) is 16.7. The first-order chi connectivity index (χ1) is 9.63. The Morgan fingerprint density at radius 3 is 2.80 bits per heavy atom. The fourth-order valence-electron chi connectivity index (χ4n) is 1.94. The van der Waals surface area contributed by atoms with E-state index in [1.54, 1.807) is 29.5 Å². The molecule has 2 aromatic carbocycles. The van der Waals surface area contributed by atoms with E-state index in [2.05, 4.69) is 20.9 Å². The molecule has 0 radical (unpaired) electrons. The van der Waals surface area contributed by atoms with E-state index < -0.39 is 0 Å². The molecule has 0 atom stereocenters. The Morgan fingerprint density at radius 2 is 2.05 bits per heavy atom. The van der Waals surface area contributed by atoms with E-state index in [0.717, 1.165) is 19.7 Å². The van der Waals surface area contributed by atoms with E-state index in [-0.39, 0.29) is 5.78 Å². The van der Waals surface area contributed by atoms with Crippen LogP contribution in [0.5, 0.6) is 0 Å². The summed E-state index contributed by atoms with van der Waals surface area (Å²) in [5, 5.41) is 0.837. The predicted octanol–water partition coefficient (Wildman–Crippen LogP) is 4.07. The molecule has 0 aliphatic carbocycles. The molecule has 0 aliphatic rings. The van der Waals surface area contributed by atoms with Crippen molar-refractivity contribution >= 4 is 49.0 Å². The van der Waals surface area contributed by atoms with Gasteiger partial charge in [-0.1, -0.05) is 12.1 Å². The maximum absolute atomic E-state index is 12.3. The van der Waals surface area contributed by atoms with Crippen LogP contribution in [-0.4, -0.2) is 10.8 Å². The van der Waals surface area contributed by atoms with E-state index >= 15 is 0 Å². The Balaban J connectivity index is 1.86. The van der Waals surface area contributed by atoms with Crippen molar-refractivity contribution in [3.63, 3.8) is 0 Å². The summed E-state index contributed by atoms with van der Waals surface area (Å²) in [5.74, 6) is 0.0461. The predicted molar refractivity (Wildman–Crippen MR) is 86.2 cm³/mol. The first kappa shape index (κ1) is 13.3. The lowest BCUT2D eigenvalue weighted by atomic mass is 10.1. The van der Waals surface area contributed by atoms with Crippen LogP contribution in [0, 0.1) is 0 Å². The summed E-state index contributed by atoms with van der Waals surface area (Å²) in [6.07, 6.45) is 0.315. The first-order valence-electron chi connectivity index (χ1n) is 6.06. The van der Waals surface area contributed by atoms with Gasteiger partial charge in [0, 0.05) is 15.7 Å². The number of aromatic nitrogens is 1. The maximum Gasteiger partial charge on any atom is 0.169 e. The van der Waals surface area contributed by atoms with Crippen LogP contribution in [0.4, 0.5) is 5.69 Å². The molecule has 5 heteroatoms. The van der Waals surface area contributed by atoms with E-state index in [9.17, 15) is 4.79 Å². The highest BCUT2D eigenvalue weighted by molar-refractivity contribution is 9.10. The highest BCUT2D eigenvalue weighted by atomic mass is 79.9. The Kier molecular flexibility index (Phi) is 3.54. The van der Waals surface area contributed by atoms with Gasteiger partial charge in [0.05, 0.1) is 16.6 Å². The minimum absolute atomic E-state index is 0.0461. The normalized spacial score (nSPS) is 10.8. The molecule has 1 heterocycles. The molecule has 0 saturated carbocycles. The lowest BCUT2D eigenvalue weighted by Gasteiger charge is -2.02. The number of Topliss-reactive ketones (excluding diaryl/α,β-unsaturated/α-hetero) is 1. The van der Waals surface area contributed by atoms with Crippen molar-refractivity contribution < 1.29 is 4.79 Å². The summed E-state index contributed by atoms with van der Waals surface area (Å²) in [7, 11) is 0. The fraction of sp³-hybridized carbons (Fsp3) is 0.0667. The van der Waals surface area contributed by atoms with Gasteiger partial charge in [0.2, 0.25) is 0 Å². The molecule has 20 heavy (non-hydrogen) atoms. The number of anilines is 1. The third-order valence-electron chi connectivity index (χ3n) is 2.97. The number of nitrogens with two attached hydrogens (primary N) is 1. The summed E-state index contributed by atoms with van der Waals surface area (Å²) in [6.45, 7) is 0. The van der Waals surface area contributed by atoms with Gasteiger partial charge in [-0.25, -0.2) is 4.98 Å². The van der Waals surface area contributed by atoms with E-state index in [4.69, 9.17) is 5.73 Å². The standard InChI is InChI=1S/C15H11BrN2OS/c16-10-7-9(5-6-11(10)17)13(19)8-15-18-12-3-1-2-4-14(12)20-15/h1-7H,8,17H2. The molecule has 0 fully saturated rings. The largest absolute Gasteiger partial charge is 0.398 e. The van der Waals surface area contributed by atoms with Gasteiger partial charge >= 0.3 is 0 Å². The maximum atomic E-state index is 12.3. The number of hydrogen-bond acceptors (Lipinski definition) is 4. The molecule has 3 aromatic rings. The van der Waals surface area contributed by atoms with Crippen molar-refractivity contribution in [1.29, 1.82) is 0 Å². The minimum Gasteiger partial charge on any atom is -0.398 e. The molecule has 0 unspecified atom stereocenters. The Hall–Kier alpha value is -1.72. The average molecular weight is 347 g/mol. The van der Waals surface area contributed by atoms with Crippen LogP contribution in [0.15, 0.2) is 46.9 Å². The first-order valence-corrected chi connectivity index (χ1v) is 7.67. The SMILES string of the molecule is Nc1ccc(C(=O)Cc2nc3ccccc3s2)cc1Br. The number of hydrogen-bond donors (Lipinski definition) is 1. The molecule has 0 amide bonds. The Labute approximate surface area is 128 Å². The number of halogens is 1. The van der Waals surface area contributed by atoms with Crippen molar-refractivity contribution in [3.05, 3.63) is 57.5 Å². The summed E-state index contributed by atoms with van der Waals surface area (Å²) < 4.78 is 1.85. The van der Waals surface area contributed by atoms with Crippen LogP contribution < -0.4 is 5.73 Å². The number of benzene rings is 2. The number of para-hydroxylation sites is 1. The number of nitrogen functional groups attached to an aromatic ring is 1. The van der Waals surface area contributed by atoms with E-state index in [0.29, 0.717) is 17.7 Å². The van der Waals surface area contributed by atoms with Crippen LogP contribution in [-0.2, 0) is 6.42 Å². The van der Waals surface area contributed by atoms with E-state index in [1.807, 2.05) is 24.3 Å². The second-order valence-electron chi connectivity index (χ2n) is 4.41. The van der Waals surface area contributed by atoms with Crippen LogP contribution >= 0.6 is 27.3 Å². The molecule has 100 valence electrons. The van der Waals surface area contributed by atoms with Gasteiger partial charge < -0.3 is 5.73 Å². The van der Waals surface area contributed by atoms with Crippen molar-refractivity contribution in [3.8, 4) is 0 Å². The average Bonchev–Trinajstić information content (AvgIpc) is 2.83. The summed E-state index contributed by atoms with van der Waals surface area (Å²) in [5.41, 5.74) is 7.94. The number of carbonyl (C=O) groups excluding carboxylic acids is 1. The zero-order valence-corrected chi connectivity index (χ0v) is 12.9. The van der Waals surface area contributed by atoms with Gasteiger partial charge in [0.25, 0.3) is 0 Å². The molecule has 0 saturated heterocycles. The number of fused-ring (bicyclic) bond motifs is 1. The smallest absolute Gasteiger partial charge is 0.169 e. The monoisotopic (exact) mass is 346 g/mol. The van der Waals surface area contributed by atoms with Gasteiger partial charge in [-0.2, -0.15) is 0 Å². The molecular weight excluding hydrogens is 336 g/mol. The van der Waals surface area contributed by atoms with Crippen molar-refractivity contribution in [2.45, 2.75) is 6.42 Å². The molecule has 3 nitrogen and oxygen atoms in total. The minimum atomic E-state index is 0.0461. The topological polar surface area (TPSA) is 56.0 Å². The zero-order chi connectivity index (χ0) is 14.1. The van der Waals surface area contributed by atoms with Crippen LogP contribution in [0.2, 0.25) is 0 Å². The Morgan fingerprint density at radius 1 is 1.25 bits per heavy atom. The molecular formula is C15H11BrN2OS. The van der Waals surface area contributed by atoms with Gasteiger partial charge in [0.15, 0.2) is 5.78 Å². The van der Waals surface area contributed by atoms with Crippen LogP contribution in [0.3, 0.4) is 0 Å². The molecule has 2 N–H and O–H groups in total. The second-order valence-corrected chi connectivity index (χ2v) is 6.38. The third kappa shape index (κ3) is 2.59. The molecule has 0 bridgehead atoms. The number of carbonyl (C=O) groups is 1. The molecule has 0 aliphatic heterocycles. The van der Waals surface area contributed by atoms with Gasteiger partial charge in [-0.3, -0.25) is 4.79 Å². The molecule has 1 aromatic heterocycles. The van der Waals surface area contributed by atoms with Crippen molar-refractivity contribution in [2.75, 3.05) is 5.73 Å². The van der Waals surface area contributed by atoms with Crippen molar-refractivity contribution in [2.24, 2.45) is 0 Å². The van der Waals surface area contributed by atoms with E-state index in [1.165, 1.54) is 0 Å². The quantitative estimate of drug-likeness (QED) is 0.574.